The molecule has 0 unspecified atom stereocenters. The zero-order valence-electron chi connectivity index (χ0n) is 11.4. The van der Waals surface area contributed by atoms with Crippen LogP contribution in [0.1, 0.15) is 5.56 Å². The zero-order chi connectivity index (χ0) is 16.6. The molecule has 0 spiro atoms. The summed E-state index contributed by atoms with van der Waals surface area (Å²) in [4.78, 5) is 22.9. The molecule has 122 valence electrons. The second kappa shape index (κ2) is 8.35. The van der Waals surface area contributed by atoms with Crippen LogP contribution >= 0.6 is 0 Å². The van der Waals surface area contributed by atoms with Crippen molar-refractivity contribution in [2.24, 2.45) is 0 Å². The first kappa shape index (κ1) is 17.9. The normalized spacial score (nSPS) is 11.1. The Labute approximate surface area is 124 Å². The number of nitrogens with one attached hydrogen (secondary N) is 2. The van der Waals surface area contributed by atoms with Gasteiger partial charge in [-0.2, -0.15) is 13.2 Å². The first-order valence-corrected chi connectivity index (χ1v) is 6.29. The molecule has 0 saturated heterocycles. The Hall–Kier alpha value is -2.13. The van der Waals surface area contributed by atoms with Crippen LogP contribution in [0.15, 0.2) is 24.3 Å². The maximum Gasteiger partial charge on any atom is 0.416 e. The van der Waals surface area contributed by atoms with Crippen LogP contribution in [0.2, 0.25) is 0 Å². The summed E-state index contributed by atoms with van der Waals surface area (Å²) in [5.74, 6) is -2.08. The molecule has 2 amide bonds. The van der Waals surface area contributed by atoms with E-state index in [0.717, 1.165) is 18.2 Å². The van der Waals surface area contributed by atoms with Gasteiger partial charge in [0.2, 0.25) is 0 Å². The average molecular weight is 320 g/mol. The number of hydrogen-bond acceptors (Lipinski definition) is 4. The number of amides is 2. The van der Waals surface area contributed by atoms with Crippen molar-refractivity contribution in [3.63, 3.8) is 0 Å². The Balaban J connectivity index is 2.49. The van der Waals surface area contributed by atoms with Crippen LogP contribution < -0.4 is 10.6 Å². The Morgan fingerprint density at radius 1 is 1.18 bits per heavy atom. The van der Waals surface area contributed by atoms with Crippen LogP contribution in [0, 0.1) is 0 Å². The third-order valence-corrected chi connectivity index (χ3v) is 2.42. The fourth-order valence-corrected chi connectivity index (χ4v) is 1.44. The van der Waals surface area contributed by atoms with Crippen molar-refractivity contribution < 1.29 is 32.6 Å². The van der Waals surface area contributed by atoms with Crippen molar-refractivity contribution in [3.05, 3.63) is 29.8 Å². The second-order valence-electron chi connectivity index (χ2n) is 4.12. The minimum absolute atomic E-state index is 0.0366. The maximum absolute atomic E-state index is 12.5. The number of aliphatic hydroxyl groups is 1. The molecular formula is C13H15F3N2O4. The van der Waals surface area contributed by atoms with Gasteiger partial charge in [-0.25, -0.2) is 0 Å². The van der Waals surface area contributed by atoms with Gasteiger partial charge in [-0.15, -0.1) is 0 Å². The van der Waals surface area contributed by atoms with Gasteiger partial charge in [0.15, 0.2) is 0 Å². The number of carbonyl (C=O) groups excluding carboxylic acids is 2. The van der Waals surface area contributed by atoms with Crippen molar-refractivity contribution in [3.8, 4) is 0 Å². The number of alkyl halides is 3. The SMILES string of the molecule is O=C(NCCOCCO)C(=O)Nc1cccc(C(F)(F)F)c1. The topological polar surface area (TPSA) is 87.7 Å². The molecule has 0 aromatic heterocycles. The molecule has 1 aromatic carbocycles. The monoisotopic (exact) mass is 320 g/mol. The molecule has 0 aliphatic heterocycles. The van der Waals surface area contributed by atoms with E-state index in [1.54, 1.807) is 0 Å². The molecule has 9 heteroatoms. The van der Waals surface area contributed by atoms with Crippen molar-refractivity contribution in [1.29, 1.82) is 0 Å². The van der Waals surface area contributed by atoms with Crippen LogP contribution in [0.3, 0.4) is 0 Å². The van der Waals surface area contributed by atoms with Gasteiger partial charge in [0.1, 0.15) is 0 Å². The highest BCUT2D eigenvalue weighted by Crippen LogP contribution is 2.30. The summed E-state index contributed by atoms with van der Waals surface area (Å²) in [5.41, 5.74) is -1.06. The average Bonchev–Trinajstić information content (AvgIpc) is 2.46. The van der Waals surface area contributed by atoms with E-state index in [-0.39, 0.29) is 32.1 Å². The van der Waals surface area contributed by atoms with Gasteiger partial charge in [-0.1, -0.05) is 6.07 Å². The number of rotatable bonds is 6. The molecule has 0 atom stereocenters. The number of hydrogen-bond donors (Lipinski definition) is 3. The summed E-state index contributed by atoms with van der Waals surface area (Å²) in [6.45, 7) is 0.0776. The van der Waals surface area contributed by atoms with E-state index >= 15 is 0 Å². The predicted molar refractivity (Wildman–Crippen MR) is 71.0 cm³/mol. The van der Waals surface area contributed by atoms with E-state index in [9.17, 15) is 22.8 Å². The highest BCUT2D eigenvalue weighted by molar-refractivity contribution is 6.39. The van der Waals surface area contributed by atoms with E-state index in [0.29, 0.717) is 0 Å². The van der Waals surface area contributed by atoms with Crippen LogP contribution in [-0.2, 0) is 20.5 Å². The standard InChI is InChI=1S/C13H15F3N2O4/c14-13(15,16)9-2-1-3-10(8-9)18-12(21)11(20)17-4-6-22-7-5-19/h1-3,8,19H,4-7H2,(H,17,20)(H,18,21). The third-order valence-electron chi connectivity index (χ3n) is 2.42. The second-order valence-corrected chi connectivity index (χ2v) is 4.12. The molecule has 3 N–H and O–H groups in total. The molecule has 0 heterocycles. The Morgan fingerprint density at radius 3 is 2.55 bits per heavy atom. The smallest absolute Gasteiger partial charge is 0.394 e. The van der Waals surface area contributed by atoms with Gasteiger partial charge in [0.25, 0.3) is 0 Å². The molecule has 0 bridgehead atoms. The highest BCUT2D eigenvalue weighted by Gasteiger charge is 2.30. The van der Waals surface area contributed by atoms with Crippen molar-refractivity contribution >= 4 is 17.5 Å². The molecule has 22 heavy (non-hydrogen) atoms. The summed E-state index contributed by atoms with van der Waals surface area (Å²) in [7, 11) is 0. The molecule has 0 saturated carbocycles. The van der Waals surface area contributed by atoms with E-state index in [1.807, 2.05) is 0 Å². The number of halogens is 3. The minimum atomic E-state index is -4.53. The van der Waals surface area contributed by atoms with Crippen molar-refractivity contribution in [2.75, 3.05) is 31.7 Å². The first-order chi connectivity index (χ1) is 10.3. The lowest BCUT2D eigenvalue weighted by Gasteiger charge is -2.10. The molecule has 1 rings (SSSR count). The van der Waals surface area contributed by atoms with Gasteiger partial charge >= 0.3 is 18.0 Å². The number of carbonyl (C=O) groups is 2. The predicted octanol–water partition coefficient (Wildman–Crippen LogP) is 0.769. The van der Waals surface area contributed by atoms with Crippen LogP contribution in [0.4, 0.5) is 18.9 Å². The number of anilines is 1. The summed E-state index contributed by atoms with van der Waals surface area (Å²) >= 11 is 0. The van der Waals surface area contributed by atoms with Gasteiger partial charge in [-0.05, 0) is 18.2 Å². The molecule has 1 aromatic rings. The summed E-state index contributed by atoms with van der Waals surface area (Å²) < 4.78 is 42.4. The quantitative estimate of drug-likeness (QED) is 0.534. The van der Waals surface area contributed by atoms with E-state index in [2.05, 4.69) is 10.6 Å². The molecule has 6 nitrogen and oxygen atoms in total. The summed E-state index contributed by atoms with van der Waals surface area (Å²) in [5, 5.41) is 12.8. The lowest BCUT2D eigenvalue weighted by Crippen LogP contribution is -2.37. The van der Waals surface area contributed by atoms with E-state index in [4.69, 9.17) is 9.84 Å². The Kier molecular flexibility index (Phi) is 6.80. The maximum atomic E-state index is 12.5. The zero-order valence-corrected chi connectivity index (χ0v) is 11.4. The van der Waals surface area contributed by atoms with E-state index in [1.165, 1.54) is 6.07 Å². The van der Waals surface area contributed by atoms with Crippen LogP contribution in [-0.4, -0.2) is 43.3 Å². The van der Waals surface area contributed by atoms with Crippen molar-refractivity contribution in [1.82, 2.24) is 5.32 Å². The third kappa shape index (κ3) is 6.10. The van der Waals surface area contributed by atoms with Gasteiger partial charge in [0, 0.05) is 12.2 Å². The fraction of sp³-hybridized carbons (Fsp3) is 0.385. The molecule has 0 fully saturated rings. The lowest BCUT2D eigenvalue weighted by molar-refractivity contribution is -0.137. The van der Waals surface area contributed by atoms with Crippen LogP contribution in [0.5, 0.6) is 0 Å². The largest absolute Gasteiger partial charge is 0.416 e. The summed E-state index contributed by atoms with van der Waals surface area (Å²) in [6.07, 6.45) is -4.53. The van der Waals surface area contributed by atoms with E-state index < -0.39 is 23.6 Å². The first-order valence-electron chi connectivity index (χ1n) is 6.29. The Bertz CT molecular complexity index is 520. The van der Waals surface area contributed by atoms with Crippen LogP contribution in [0.25, 0.3) is 0 Å². The number of aliphatic hydroxyl groups excluding tert-OH is 1. The number of benzene rings is 1. The highest BCUT2D eigenvalue weighted by atomic mass is 19.4. The van der Waals surface area contributed by atoms with Gasteiger partial charge < -0.3 is 20.5 Å². The van der Waals surface area contributed by atoms with Gasteiger partial charge in [-0.3, -0.25) is 9.59 Å². The Morgan fingerprint density at radius 2 is 1.91 bits per heavy atom. The number of ether oxygens (including phenoxy) is 1. The molecule has 0 aliphatic rings. The lowest BCUT2D eigenvalue weighted by atomic mass is 10.2. The molecule has 0 radical (unpaired) electrons. The minimum Gasteiger partial charge on any atom is -0.394 e. The molecular weight excluding hydrogens is 305 g/mol. The van der Waals surface area contributed by atoms with Crippen molar-refractivity contribution in [2.45, 2.75) is 6.18 Å². The summed E-state index contributed by atoms with van der Waals surface area (Å²) in [6, 6.07) is 3.95. The molecule has 0 aliphatic carbocycles. The fourth-order valence-electron chi connectivity index (χ4n) is 1.44. The van der Waals surface area contributed by atoms with Gasteiger partial charge in [0.05, 0.1) is 25.4 Å².